The molecule has 0 bridgehead atoms. The Balaban J connectivity index is 3.38. The Kier molecular flexibility index (Phi) is 4.85. The first-order chi connectivity index (χ1) is 9.27. The lowest BCUT2D eigenvalue weighted by molar-refractivity contribution is -0.117. The predicted octanol–water partition coefficient (Wildman–Crippen LogP) is 1.44. The molecule has 0 N–H and O–H groups in total. The summed E-state index contributed by atoms with van der Waals surface area (Å²) in [6, 6.07) is 4.75. The van der Waals surface area contributed by atoms with Crippen LogP contribution in [-0.4, -0.2) is 39.0 Å². The third kappa shape index (κ3) is 3.34. The molecule has 0 atom stereocenters. The van der Waals surface area contributed by atoms with Crippen LogP contribution in [0.15, 0.2) is 18.2 Å². The van der Waals surface area contributed by atoms with E-state index in [0.717, 1.165) is 0 Å². The highest BCUT2D eigenvalue weighted by molar-refractivity contribution is 5.99. The molecule has 20 heavy (non-hydrogen) atoms. The van der Waals surface area contributed by atoms with Crippen molar-refractivity contribution in [3.05, 3.63) is 23.8 Å². The van der Waals surface area contributed by atoms with Crippen LogP contribution in [0.5, 0.6) is 0 Å². The highest BCUT2D eigenvalue weighted by Gasteiger charge is 2.16. The Morgan fingerprint density at radius 3 is 1.60 bits per heavy atom. The number of esters is 1. The maximum atomic E-state index is 11.7. The van der Waals surface area contributed by atoms with Gasteiger partial charge in [0.25, 0.3) is 0 Å². The number of nitrogens with zero attached hydrogens (tertiary/aromatic N) is 2. The van der Waals surface area contributed by atoms with Crippen LogP contribution in [0.25, 0.3) is 0 Å². The second-order valence-electron chi connectivity index (χ2n) is 4.39. The minimum absolute atomic E-state index is 0.177. The zero-order chi connectivity index (χ0) is 15.4. The molecule has 0 saturated heterocycles. The largest absolute Gasteiger partial charge is 0.465 e. The third-order valence-electron chi connectivity index (χ3n) is 3.04. The third-order valence-corrected chi connectivity index (χ3v) is 3.04. The summed E-state index contributed by atoms with van der Waals surface area (Å²) in [4.78, 5) is 37.3. The van der Waals surface area contributed by atoms with E-state index in [1.165, 1.54) is 30.8 Å². The first-order valence-corrected chi connectivity index (χ1v) is 6.00. The molecular formula is C14H18N2O4. The Hall–Kier alpha value is -2.37. The van der Waals surface area contributed by atoms with Crippen molar-refractivity contribution in [2.45, 2.75) is 13.8 Å². The van der Waals surface area contributed by atoms with Gasteiger partial charge < -0.3 is 14.5 Å². The second-order valence-corrected chi connectivity index (χ2v) is 4.39. The zero-order valence-electron chi connectivity index (χ0n) is 12.3. The van der Waals surface area contributed by atoms with E-state index in [2.05, 4.69) is 4.74 Å². The molecular weight excluding hydrogens is 260 g/mol. The molecule has 6 nitrogen and oxygen atoms in total. The van der Waals surface area contributed by atoms with E-state index < -0.39 is 5.97 Å². The topological polar surface area (TPSA) is 66.9 Å². The van der Waals surface area contributed by atoms with Gasteiger partial charge in [-0.25, -0.2) is 4.79 Å². The zero-order valence-corrected chi connectivity index (χ0v) is 12.3. The number of carbonyl (C=O) groups is 3. The summed E-state index contributed by atoms with van der Waals surface area (Å²) in [5.41, 5.74) is 1.31. The van der Waals surface area contributed by atoms with Crippen molar-refractivity contribution in [3.63, 3.8) is 0 Å². The summed E-state index contributed by atoms with van der Waals surface area (Å²) in [6.07, 6.45) is 0. The first-order valence-electron chi connectivity index (χ1n) is 6.00. The number of hydrogen-bond acceptors (Lipinski definition) is 4. The Bertz CT molecular complexity index is 516. The lowest BCUT2D eigenvalue weighted by atomic mass is 10.1. The monoisotopic (exact) mass is 278 g/mol. The van der Waals surface area contributed by atoms with Crippen LogP contribution >= 0.6 is 0 Å². The SMILES string of the molecule is COC(=O)c1cc(N(C)C(C)=O)cc(N(C)C(C)=O)c1. The molecule has 0 heterocycles. The number of ether oxygens (including phenoxy) is 1. The van der Waals surface area contributed by atoms with Gasteiger partial charge in [0.05, 0.1) is 12.7 Å². The number of anilines is 2. The molecule has 0 spiro atoms. The van der Waals surface area contributed by atoms with Gasteiger partial charge in [0, 0.05) is 39.3 Å². The van der Waals surface area contributed by atoms with Crippen molar-refractivity contribution < 1.29 is 19.1 Å². The molecule has 0 aliphatic carbocycles. The molecule has 1 aromatic carbocycles. The molecule has 0 aliphatic heterocycles. The molecule has 1 aromatic rings. The average Bonchev–Trinajstić information content (AvgIpc) is 2.43. The van der Waals surface area contributed by atoms with E-state index in [-0.39, 0.29) is 17.4 Å². The van der Waals surface area contributed by atoms with Gasteiger partial charge in [0.1, 0.15) is 0 Å². The highest BCUT2D eigenvalue weighted by Crippen LogP contribution is 2.25. The van der Waals surface area contributed by atoms with Gasteiger partial charge in [-0.2, -0.15) is 0 Å². The maximum absolute atomic E-state index is 11.7. The lowest BCUT2D eigenvalue weighted by Gasteiger charge is -2.21. The van der Waals surface area contributed by atoms with Crippen LogP contribution in [0.4, 0.5) is 11.4 Å². The van der Waals surface area contributed by atoms with Gasteiger partial charge in [-0.3, -0.25) is 9.59 Å². The normalized spacial score (nSPS) is 9.85. The number of methoxy groups -OCH3 is 1. The Morgan fingerprint density at radius 1 is 0.900 bits per heavy atom. The van der Waals surface area contributed by atoms with E-state index in [1.807, 2.05) is 0 Å². The van der Waals surface area contributed by atoms with Crippen molar-refractivity contribution >= 4 is 29.2 Å². The molecule has 0 aliphatic rings. The van der Waals surface area contributed by atoms with Gasteiger partial charge in [-0.1, -0.05) is 0 Å². The number of rotatable bonds is 3. The Morgan fingerprint density at radius 2 is 1.30 bits per heavy atom. The minimum Gasteiger partial charge on any atom is -0.465 e. The van der Waals surface area contributed by atoms with E-state index in [1.54, 1.807) is 32.3 Å². The second kappa shape index (κ2) is 6.18. The smallest absolute Gasteiger partial charge is 0.337 e. The molecule has 108 valence electrons. The molecule has 0 fully saturated rings. The summed E-state index contributed by atoms with van der Waals surface area (Å²) in [5.74, 6) is -0.881. The van der Waals surface area contributed by atoms with Crippen LogP contribution in [0.3, 0.4) is 0 Å². The quantitative estimate of drug-likeness (QED) is 0.785. The summed E-state index contributed by atoms with van der Waals surface area (Å²) < 4.78 is 4.68. The van der Waals surface area contributed by atoms with Crippen molar-refractivity contribution in [2.75, 3.05) is 31.0 Å². The van der Waals surface area contributed by atoms with Gasteiger partial charge >= 0.3 is 5.97 Å². The van der Waals surface area contributed by atoms with Gasteiger partial charge in [0.2, 0.25) is 11.8 Å². The number of amides is 2. The molecule has 0 radical (unpaired) electrons. The van der Waals surface area contributed by atoms with Crippen LogP contribution in [0, 0.1) is 0 Å². The highest BCUT2D eigenvalue weighted by atomic mass is 16.5. The van der Waals surface area contributed by atoms with E-state index in [9.17, 15) is 14.4 Å². The van der Waals surface area contributed by atoms with E-state index in [0.29, 0.717) is 11.4 Å². The first kappa shape index (κ1) is 15.7. The number of benzene rings is 1. The molecule has 0 unspecified atom stereocenters. The summed E-state index contributed by atoms with van der Waals surface area (Å²) in [7, 11) is 4.46. The van der Waals surface area contributed by atoms with Crippen LogP contribution in [-0.2, 0) is 14.3 Å². The molecule has 2 amide bonds. The minimum atomic E-state index is -0.526. The Labute approximate surface area is 117 Å². The number of carbonyl (C=O) groups excluding carboxylic acids is 3. The standard InChI is InChI=1S/C14H18N2O4/c1-9(17)15(3)12-6-11(14(19)20-5)7-13(8-12)16(4)10(2)18/h6-8H,1-5H3. The number of hydrogen-bond donors (Lipinski definition) is 0. The lowest BCUT2D eigenvalue weighted by Crippen LogP contribution is -2.26. The van der Waals surface area contributed by atoms with Crippen molar-refractivity contribution in [1.29, 1.82) is 0 Å². The van der Waals surface area contributed by atoms with Crippen LogP contribution in [0.2, 0.25) is 0 Å². The average molecular weight is 278 g/mol. The van der Waals surface area contributed by atoms with Crippen molar-refractivity contribution in [2.24, 2.45) is 0 Å². The van der Waals surface area contributed by atoms with E-state index in [4.69, 9.17) is 0 Å². The van der Waals surface area contributed by atoms with Crippen LogP contribution in [0.1, 0.15) is 24.2 Å². The summed E-state index contributed by atoms with van der Waals surface area (Å²) in [6.45, 7) is 2.83. The van der Waals surface area contributed by atoms with Crippen molar-refractivity contribution in [1.82, 2.24) is 0 Å². The summed E-state index contributed by atoms with van der Waals surface area (Å²) in [5, 5.41) is 0. The fourth-order valence-electron chi connectivity index (χ4n) is 1.58. The van der Waals surface area contributed by atoms with Crippen LogP contribution < -0.4 is 9.80 Å². The molecule has 1 rings (SSSR count). The summed E-state index contributed by atoms with van der Waals surface area (Å²) >= 11 is 0. The van der Waals surface area contributed by atoms with E-state index >= 15 is 0 Å². The van der Waals surface area contributed by atoms with Gasteiger partial charge in [0.15, 0.2) is 0 Å². The predicted molar refractivity (Wildman–Crippen MR) is 75.9 cm³/mol. The maximum Gasteiger partial charge on any atom is 0.337 e. The fraction of sp³-hybridized carbons (Fsp3) is 0.357. The van der Waals surface area contributed by atoms with Gasteiger partial charge in [-0.15, -0.1) is 0 Å². The van der Waals surface area contributed by atoms with Gasteiger partial charge in [-0.05, 0) is 18.2 Å². The molecule has 0 saturated carbocycles. The molecule has 0 aromatic heterocycles. The van der Waals surface area contributed by atoms with Crippen molar-refractivity contribution in [3.8, 4) is 0 Å². The molecule has 6 heteroatoms. The fourth-order valence-corrected chi connectivity index (χ4v) is 1.58.